The predicted molar refractivity (Wildman–Crippen MR) is 96.3 cm³/mol. The van der Waals surface area contributed by atoms with Crippen molar-refractivity contribution in [3.63, 3.8) is 0 Å². The van der Waals surface area contributed by atoms with E-state index in [0.717, 1.165) is 18.2 Å². The third-order valence-electron chi connectivity index (χ3n) is 4.56. The van der Waals surface area contributed by atoms with Gasteiger partial charge < -0.3 is 0 Å². The van der Waals surface area contributed by atoms with Crippen LogP contribution in [0.3, 0.4) is 0 Å². The highest BCUT2D eigenvalue weighted by Gasteiger charge is 2.36. The molecule has 0 amide bonds. The number of halogens is 3. The highest BCUT2D eigenvalue weighted by molar-refractivity contribution is 7.93. The van der Waals surface area contributed by atoms with Gasteiger partial charge in [-0.25, -0.2) is 16.8 Å². The molecule has 1 aliphatic heterocycles. The van der Waals surface area contributed by atoms with Crippen LogP contribution < -0.4 is 4.72 Å². The summed E-state index contributed by atoms with van der Waals surface area (Å²) in [6, 6.07) is 3.76. The van der Waals surface area contributed by atoms with Gasteiger partial charge in [0, 0.05) is 0 Å². The number of para-hydroxylation sites is 1. The van der Waals surface area contributed by atoms with E-state index < -0.39 is 43.3 Å². The first-order chi connectivity index (χ1) is 12.8. The minimum atomic E-state index is -4.73. The predicted octanol–water partition coefficient (Wildman–Crippen LogP) is 2.68. The maximum Gasteiger partial charge on any atom is 0.418 e. The molecule has 1 atom stereocenters. The van der Waals surface area contributed by atoms with Gasteiger partial charge in [-0.15, -0.1) is 0 Å². The fourth-order valence-electron chi connectivity index (χ4n) is 3.38. The Hall–Kier alpha value is -2.08. The number of hydrogen-bond acceptors (Lipinski definition) is 5. The Morgan fingerprint density at radius 1 is 1.21 bits per heavy atom. The van der Waals surface area contributed by atoms with Gasteiger partial charge >= 0.3 is 6.18 Å². The van der Waals surface area contributed by atoms with Crippen LogP contribution in [0.25, 0.3) is 0 Å². The zero-order valence-corrected chi connectivity index (χ0v) is 16.6. The largest absolute Gasteiger partial charge is 0.418 e. The smallest absolute Gasteiger partial charge is 0.279 e. The average Bonchev–Trinajstić information content (AvgIpc) is 3.05. The Balaban J connectivity index is 2.01. The lowest BCUT2D eigenvalue weighted by Gasteiger charge is -2.15. The van der Waals surface area contributed by atoms with E-state index in [9.17, 15) is 30.0 Å². The summed E-state index contributed by atoms with van der Waals surface area (Å²) in [6.07, 6.45) is -4.43. The molecule has 0 spiro atoms. The number of sulfonamides is 1. The van der Waals surface area contributed by atoms with Crippen molar-refractivity contribution >= 4 is 25.5 Å². The molecular formula is C16H18F3N3O4S2. The molecule has 154 valence electrons. The first kappa shape index (κ1) is 20.6. The Labute approximate surface area is 160 Å². The molecule has 0 bridgehead atoms. The van der Waals surface area contributed by atoms with Gasteiger partial charge in [-0.3, -0.25) is 9.40 Å². The summed E-state index contributed by atoms with van der Waals surface area (Å²) in [5.41, 5.74) is -1.44. The van der Waals surface area contributed by atoms with Gasteiger partial charge in [0.25, 0.3) is 10.0 Å². The maximum absolute atomic E-state index is 13.2. The van der Waals surface area contributed by atoms with Crippen LogP contribution in [0, 0.1) is 13.8 Å². The number of nitrogens with one attached hydrogen (secondary N) is 1. The molecule has 0 aliphatic carbocycles. The van der Waals surface area contributed by atoms with Crippen LogP contribution in [0.15, 0.2) is 29.2 Å². The van der Waals surface area contributed by atoms with Crippen LogP contribution >= 0.6 is 0 Å². The van der Waals surface area contributed by atoms with Crippen LogP contribution in [0.2, 0.25) is 0 Å². The first-order valence-electron chi connectivity index (χ1n) is 8.27. The highest BCUT2D eigenvalue weighted by Crippen LogP contribution is 2.36. The summed E-state index contributed by atoms with van der Waals surface area (Å²) >= 11 is 0. The van der Waals surface area contributed by atoms with Crippen molar-refractivity contribution in [2.45, 2.75) is 37.4 Å². The number of nitrogens with zero attached hydrogens (tertiary/aromatic N) is 2. The van der Waals surface area contributed by atoms with Crippen molar-refractivity contribution in [1.82, 2.24) is 9.78 Å². The van der Waals surface area contributed by atoms with Crippen LogP contribution in [-0.4, -0.2) is 38.1 Å². The molecule has 7 nitrogen and oxygen atoms in total. The van der Waals surface area contributed by atoms with Crippen LogP contribution in [0.4, 0.5) is 18.9 Å². The van der Waals surface area contributed by atoms with Crippen molar-refractivity contribution < 1.29 is 30.0 Å². The molecule has 28 heavy (non-hydrogen) atoms. The van der Waals surface area contributed by atoms with E-state index in [1.54, 1.807) is 0 Å². The van der Waals surface area contributed by atoms with Gasteiger partial charge in [0.1, 0.15) is 4.90 Å². The number of aromatic nitrogens is 2. The molecule has 1 aromatic heterocycles. The summed E-state index contributed by atoms with van der Waals surface area (Å²) in [6.45, 7) is 2.87. The van der Waals surface area contributed by atoms with E-state index in [-0.39, 0.29) is 27.8 Å². The highest BCUT2D eigenvalue weighted by atomic mass is 32.2. The molecule has 1 aromatic carbocycles. The molecule has 3 rings (SSSR count). The van der Waals surface area contributed by atoms with E-state index in [1.165, 1.54) is 24.6 Å². The zero-order chi connectivity index (χ0) is 20.9. The van der Waals surface area contributed by atoms with Gasteiger partial charge in [-0.05, 0) is 32.4 Å². The minimum Gasteiger partial charge on any atom is -0.279 e. The first-order valence-corrected chi connectivity index (χ1v) is 11.6. The molecule has 2 heterocycles. The SMILES string of the molecule is Cc1nn([C@@H]2CCS(=O)(=O)C2)c(C)c1S(=O)(=O)Nc1ccccc1C(F)(F)F. The standard InChI is InChI=1S/C16H18F3N3O4S2/c1-10-15(11(2)22(20-10)12-7-8-27(23,24)9-12)28(25,26)21-14-6-4-3-5-13(14)16(17,18)19/h3-6,12,21H,7-9H2,1-2H3/t12-/m1/s1. The zero-order valence-electron chi connectivity index (χ0n) is 15.0. The molecule has 1 aliphatic rings. The topological polar surface area (TPSA) is 98.1 Å². The molecule has 1 N–H and O–H groups in total. The van der Waals surface area contributed by atoms with Gasteiger partial charge in [0.15, 0.2) is 9.84 Å². The molecule has 0 saturated carbocycles. The lowest BCUT2D eigenvalue weighted by atomic mass is 10.2. The van der Waals surface area contributed by atoms with E-state index in [2.05, 4.69) is 5.10 Å². The van der Waals surface area contributed by atoms with Crippen LogP contribution in [0.1, 0.15) is 29.4 Å². The summed E-state index contributed by atoms with van der Waals surface area (Å²) < 4.78 is 91.9. The van der Waals surface area contributed by atoms with E-state index >= 15 is 0 Å². The summed E-state index contributed by atoms with van der Waals surface area (Å²) in [7, 11) is -7.60. The molecule has 0 unspecified atom stereocenters. The second-order valence-corrected chi connectivity index (χ2v) is 10.5. The Morgan fingerprint density at radius 2 is 1.86 bits per heavy atom. The van der Waals surface area contributed by atoms with Crippen molar-refractivity contribution in [1.29, 1.82) is 0 Å². The van der Waals surface area contributed by atoms with Gasteiger partial charge in [-0.1, -0.05) is 12.1 Å². The fourth-order valence-corrected chi connectivity index (χ4v) is 6.55. The fraction of sp³-hybridized carbons (Fsp3) is 0.438. The van der Waals surface area contributed by atoms with Crippen molar-refractivity contribution in [3.8, 4) is 0 Å². The molecule has 12 heteroatoms. The van der Waals surface area contributed by atoms with Gasteiger partial charge in [-0.2, -0.15) is 18.3 Å². The molecule has 2 aromatic rings. The van der Waals surface area contributed by atoms with Crippen molar-refractivity contribution in [2.24, 2.45) is 0 Å². The quantitative estimate of drug-likeness (QED) is 0.793. The number of alkyl halides is 3. The minimum absolute atomic E-state index is 0.0185. The normalized spacial score (nSPS) is 19.7. The Morgan fingerprint density at radius 3 is 2.43 bits per heavy atom. The van der Waals surface area contributed by atoms with Gasteiger partial charge in [0.05, 0.1) is 40.2 Å². The number of aryl methyl sites for hydroxylation is 1. The number of anilines is 1. The monoisotopic (exact) mass is 437 g/mol. The van der Waals surface area contributed by atoms with Gasteiger partial charge in [0.2, 0.25) is 0 Å². The number of hydrogen-bond donors (Lipinski definition) is 1. The van der Waals surface area contributed by atoms with Crippen molar-refractivity contribution in [3.05, 3.63) is 41.2 Å². The number of benzene rings is 1. The molecule has 1 saturated heterocycles. The average molecular weight is 437 g/mol. The lowest BCUT2D eigenvalue weighted by Crippen LogP contribution is -2.19. The van der Waals surface area contributed by atoms with E-state index in [4.69, 9.17) is 0 Å². The summed E-state index contributed by atoms with van der Waals surface area (Å²) in [5.74, 6) is -0.173. The third kappa shape index (κ3) is 3.88. The Bertz CT molecular complexity index is 1120. The second kappa shape index (κ2) is 6.76. The summed E-state index contributed by atoms with van der Waals surface area (Å²) in [4.78, 5) is -0.256. The van der Waals surface area contributed by atoms with E-state index in [0.29, 0.717) is 6.42 Å². The third-order valence-corrected chi connectivity index (χ3v) is 7.93. The summed E-state index contributed by atoms with van der Waals surface area (Å²) in [5, 5.41) is 4.15. The van der Waals surface area contributed by atoms with Crippen LogP contribution in [0.5, 0.6) is 0 Å². The second-order valence-electron chi connectivity index (χ2n) is 6.65. The maximum atomic E-state index is 13.2. The lowest BCUT2D eigenvalue weighted by molar-refractivity contribution is -0.136. The number of rotatable bonds is 4. The molecular weight excluding hydrogens is 419 g/mol. The molecule has 1 fully saturated rings. The van der Waals surface area contributed by atoms with Crippen molar-refractivity contribution in [2.75, 3.05) is 16.2 Å². The van der Waals surface area contributed by atoms with E-state index in [1.807, 2.05) is 4.72 Å². The Kier molecular flexibility index (Phi) is 4.99. The van der Waals surface area contributed by atoms with Crippen LogP contribution in [-0.2, 0) is 26.0 Å². The molecule has 0 radical (unpaired) electrons. The number of sulfone groups is 1.